The molecule has 0 spiro atoms. The fourth-order valence-electron chi connectivity index (χ4n) is 3.83. The number of anilines is 1. The van der Waals surface area contributed by atoms with E-state index in [1.54, 1.807) is 0 Å². The fraction of sp³-hybridized carbons (Fsp3) is 0.435. The first kappa shape index (κ1) is 18.7. The van der Waals surface area contributed by atoms with Gasteiger partial charge in [0, 0.05) is 43.5 Å². The van der Waals surface area contributed by atoms with E-state index in [2.05, 4.69) is 67.8 Å². The van der Waals surface area contributed by atoms with Crippen LogP contribution in [0.15, 0.2) is 42.5 Å². The van der Waals surface area contributed by atoms with Gasteiger partial charge in [-0.05, 0) is 54.7 Å². The molecule has 1 atom stereocenters. The van der Waals surface area contributed by atoms with Crippen LogP contribution in [-0.4, -0.2) is 37.4 Å². The van der Waals surface area contributed by atoms with Gasteiger partial charge in [0.25, 0.3) is 0 Å². The predicted octanol–water partition coefficient (Wildman–Crippen LogP) is 4.81. The van der Waals surface area contributed by atoms with Gasteiger partial charge < -0.3 is 4.90 Å². The van der Waals surface area contributed by atoms with Gasteiger partial charge >= 0.3 is 0 Å². The quantitative estimate of drug-likeness (QED) is 0.723. The molecule has 1 fully saturated rings. The first-order valence-electron chi connectivity index (χ1n) is 9.64. The van der Waals surface area contributed by atoms with E-state index in [9.17, 15) is 4.79 Å². The minimum absolute atomic E-state index is 0.442. The zero-order valence-corrected chi connectivity index (χ0v) is 16.4. The molecule has 3 rings (SSSR count). The van der Waals surface area contributed by atoms with E-state index >= 15 is 0 Å². The Bertz CT molecular complexity index is 743. The summed E-state index contributed by atoms with van der Waals surface area (Å²) in [5.41, 5.74) is 5.99. The van der Waals surface area contributed by atoms with Gasteiger partial charge in [-0.25, -0.2) is 0 Å². The van der Waals surface area contributed by atoms with Crippen molar-refractivity contribution < 1.29 is 4.79 Å². The van der Waals surface area contributed by atoms with E-state index in [4.69, 9.17) is 0 Å². The minimum atomic E-state index is 0.442. The normalized spacial score (nSPS) is 16.7. The van der Waals surface area contributed by atoms with E-state index in [0.717, 1.165) is 38.0 Å². The second-order valence-electron chi connectivity index (χ2n) is 7.68. The molecule has 0 unspecified atom stereocenters. The highest BCUT2D eigenvalue weighted by molar-refractivity contribution is 5.77. The largest absolute Gasteiger partial charge is 0.369 e. The molecule has 1 saturated heterocycles. The van der Waals surface area contributed by atoms with Crippen LogP contribution in [0.5, 0.6) is 0 Å². The Labute approximate surface area is 157 Å². The van der Waals surface area contributed by atoms with Crippen molar-refractivity contribution in [3.05, 3.63) is 64.7 Å². The number of aldehydes is 1. The lowest BCUT2D eigenvalue weighted by molar-refractivity contribution is 0.112. The van der Waals surface area contributed by atoms with Crippen LogP contribution in [0.1, 0.15) is 59.8 Å². The summed E-state index contributed by atoms with van der Waals surface area (Å²) in [5.74, 6) is 0.580. The second kappa shape index (κ2) is 8.05. The number of benzene rings is 2. The molecule has 0 saturated carbocycles. The Morgan fingerprint density at radius 3 is 2.04 bits per heavy atom. The summed E-state index contributed by atoms with van der Waals surface area (Å²) in [4.78, 5) is 15.9. The van der Waals surface area contributed by atoms with E-state index in [-0.39, 0.29) is 0 Å². The van der Waals surface area contributed by atoms with Gasteiger partial charge in [0.05, 0.1) is 0 Å². The molecule has 0 aliphatic carbocycles. The summed E-state index contributed by atoms with van der Waals surface area (Å²) in [6, 6.07) is 15.5. The Hall–Kier alpha value is -2.13. The number of rotatable bonds is 5. The minimum Gasteiger partial charge on any atom is -0.369 e. The van der Waals surface area contributed by atoms with Crippen LogP contribution in [0.2, 0.25) is 0 Å². The first-order valence-corrected chi connectivity index (χ1v) is 9.64. The molecule has 0 amide bonds. The van der Waals surface area contributed by atoms with Crippen molar-refractivity contribution >= 4 is 12.0 Å². The number of nitrogens with zero attached hydrogens (tertiary/aromatic N) is 2. The first-order chi connectivity index (χ1) is 12.5. The Kier molecular flexibility index (Phi) is 5.77. The number of hydrogen-bond donors (Lipinski definition) is 0. The summed E-state index contributed by atoms with van der Waals surface area (Å²) in [6.45, 7) is 13.0. The van der Waals surface area contributed by atoms with Crippen molar-refractivity contribution in [3.63, 3.8) is 0 Å². The molecule has 3 nitrogen and oxygen atoms in total. The molecule has 1 aliphatic heterocycles. The lowest BCUT2D eigenvalue weighted by Crippen LogP contribution is -2.47. The Morgan fingerprint density at radius 1 is 0.885 bits per heavy atom. The maximum atomic E-state index is 10.9. The monoisotopic (exact) mass is 350 g/mol. The number of carbonyl (C=O) groups is 1. The number of aryl methyl sites for hydroxylation is 1. The lowest BCUT2D eigenvalue weighted by atomic mass is 9.98. The molecule has 138 valence electrons. The van der Waals surface area contributed by atoms with Crippen molar-refractivity contribution in [1.82, 2.24) is 4.90 Å². The third-order valence-corrected chi connectivity index (χ3v) is 5.65. The van der Waals surface area contributed by atoms with Crippen LogP contribution in [0.3, 0.4) is 0 Å². The molecule has 0 radical (unpaired) electrons. The average Bonchev–Trinajstić information content (AvgIpc) is 2.67. The number of hydrogen-bond acceptors (Lipinski definition) is 3. The molecule has 0 N–H and O–H groups in total. The third-order valence-electron chi connectivity index (χ3n) is 5.65. The van der Waals surface area contributed by atoms with Crippen molar-refractivity contribution in [1.29, 1.82) is 0 Å². The van der Waals surface area contributed by atoms with Crippen LogP contribution in [0.4, 0.5) is 5.69 Å². The number of piperazine rings is 1. The van der Waals surface area contributed by atoms with E-state index in [0.29, 0.717) is 12.0 Å². The molecule has 1 aliphatic rings. The van der Waals surface area contributed by atoms with Gasteiger partial charge in [-0.15, -0.1) is 0 Å². The maximum absolute atomic E-state index is 10.9. The van der Waals surface area contributed by atoms with Crippen molar-refractivity contribution in [3.8, 4) is 0 Å². The maximum Gasteiger partial charge on any atom is 0.150 e. The zero-order valence-electron chi connectivity index (χ0n) is 16.4. The lowest BCUT2D eigenvalue weighted by Gasteiger charge is -2.40. The topological polar surface area (TPSA) is 23.6 Å². The highest BCUT2D eigenvalue weighted by Gasteiger charge is 2.23. The van der Waals surface area contributed by atoms with Gasteiger partial charge in [-0.1, -0.05) is 38.1 Å². The van der Waals surface area contributed by atoms with Gasteiger partial charge in [0.2, 0.25) is 0 Å². The summed E-state index contributed by atoms with van der Waals surface area (Å²) in [7, 11) is 0. The average molecular weight is 351 g/mol. The van der Waals surface area contributed by atoms with Crippen LogP contribution in [-0.2, 0) is 0 Å². The van der Waals surface area contributed by atoms with E-state index in [1.807, 2.05) is 12.1 Å². The molecular formula is C23H30N2O. The van der Waals surface area contributed by atoms with Crippen LogP contribution in [0, 0.1) is 6.92 Å². The van der Waals surface area contributed by atoms with Crippen molar-refractivity contribution in [2.45, 2.75) is 39.7 Å². The third kappa shape index (κ3) is 3.99. The van der Waals surface area contributed by atoms with Crippen molar-refractivity contribution in [2.75, 3.05) is 31.1 Å². The molecular weight excluding hydrogens is 320 g/mol. The van der Waals surface area contributed by atoms with E-state index in [1.165, 1.54) is 22.4 Å². The Morgan fingerprint density at radius 2 is 1.50 bits per heavy atom. The SMILES string of the molecule is Cc1cc(C=O)ccc1N1CCN([C@H](C)c2ccc(C(C)C)cc2)CC1. The summed E-state index contributed by atoms with van der Waals surface area (Å²) in [5, 5.41) is 0. The standard InChI is InChI=1S/C23H30N2O/c1-17(2)21-6-8-22(9-7-21)19(4)24-11-13-25(14-12-24)23-10-5-20(16-26)15-18(23)3/h5-10,15-17,19H,11-14H2,1-4H3/t19-/m1/s1. The summed E-state index contributed by atoms with van der Waals surface area (Å²) >= 11 is 0. The second-order valence-corrected chi connectivity index (χ2v) is 7.68. The van der Waals surface area contributed by atoms with Gasteiger partial charge in [-0.2, -0.15) is 0 Å². The van der Waals surface area contributed by atoms with Crippen molar-refractivity contribution in [2.24, 2.45) is 0 Å². The molecule has 1 heterocycles. The smallest absolute Gasteiger partial charge is 0.150 e. The number of carbonyl (C=O) groups excluding carboxylic acids is 1. The highest BCUT2D eigenvalue weighted by atomic mass is 16.1. The molecule has 0 bridgehead atoms. The summed E-state index contributed by atoms with van der Waals surface area (Å²) < 4.78 is 0. The van der Waals surface area contributed by atoms with E-state index < -0.39 is 0 Å². The fourth-order valence-corrected chi connectivity index (χ4v) is 3.83. The van der Waals surface area contributed by atoms with Gasteiger partial charge in [0.1, 0.15) is 6.29 Å². The Balaban J connectivity index is 1.63. The van der Waals surface area contributed by atoms with Crippen LogP contribution >= 0.6 is 0 Å². The highest BCUT2D eigenvalue weighted by Crippen LogP contribution is 2.27. The zero-order chi connectivity index (χ0) is 18.7. The van der Waals surface area contributed by atoms with Gasteiger partial charge in [-0.3, -0.25) is 9.69 Å². The van der Waals surface area contributed by atoms with Crippen LogP contribution in [0.25, 0.3) is 0 Å². The van der Waals surface area contributed by atoms with Crippen LogP contribution < -0.4 is 4.90 Å². The van der Waals surface area contributed by atoms with Gasteiger partial charge in [0.15, 0.2) is 0 Å². The molecule has 3 heteroatoms. The molecule has 2 aromatic carbocycles. The molecule has 26 heavy (non-hydrogen) atoms. The predicted molar refractivity (Wildman–Crippen MR) is 109 cm³/mol. The molecule has 2 aromatic rings. The summed E-state index contributed by atoms with van der Waals surface area (Å²) in [6.07, 6.45) is 0.918. The molecule has 0 aromatic heterocycles.